The molecule has 0 aliphatic heterocycles. The van der Waals surface area contributed by atoms with Crippen LogP contribution in [0.1, 0.15) is 34.1 Å². The lowest BCUT2D eigenvalue weighted by molar-refractivity contribution is -0.145. The minimum atomic E-state index is -0.657. The molecular weight excluding hydrogens is 236 g/mol. The Labute approximate surface area is 88.0 Å². The van der Waals surface area contributed by atoms with Crippen molar-refractivity contribution in [2.24, 2.45) is 0 Å². The number of hydrogen-bond donors (Lipinski definition) is 0. The third-order valence-corrected chi connectivity index (χ3v) is 1.28. The Morgan fingerprint density at radius 1 is 1.46 bits per heavy atom. The van der Waals surface area contributed by atoms with Crippen molar-refractivity contribution in [1.82, 2.24) is 0 Å². The van der Waals surface area contributed by atoms with Crippen LogP contribution < -0.4 is 0 Å². The molecule has 0 atom stereocenters. The van der Waals surface area contributed by atoms with Crippen LogP contribution in [0.4, 0.5) is 0 Å². The Bertz CT molecular complexity index is 149. The highest BCUT2D eigenvalue weighted by molar-refractivity contribution is 9.10. The fraction of sp³-hybridized carbons (Fsp3) is 0.778. The smallest absolute Gasteiger partial charge is 0.322 e. The zero-order valence-electron chi connectivity index (χ0n) is 8.59. The normalized spacial score (nSPS) is 9.62. The van der Waals surface area contributed by atoms with Gasteiger partial charge >= 0.3 is 5.97 Å². The number of rotatable bonds is 4. The average molecular weight is 253 g/mol. The molecule has 0 aromatic rings. The number of ether oxygens (including phenoxy) is 1. The predicted molar refractivity (Wildman–Crippen MR) is 56.0 cm³/mol. The molecule has 0 bridgehead atoms. The van der Waals surface area contributed by atoms with Crippen LogP contribution in [0.25, 0.3) is 0 Å². The monoisotopic (exact) mass is 252 g/mol. The Kier molecular flexibility index (Phi) is 9.56. The molecule has 0 heterocycles. The Morgan fingerprint density at radius 3 is 2.23 bits per heavy atom. The molecular formula is C9H17BrO3. The number of hydrogen-bond acceptors (Lipinski definition) is 3. The van der Waals surface area contributed by atoms with E-state index in [1.165, 1.54) is 0 Å². The lowest BCUT2D eigenvalue weighted by atomic mass is 10.2. The summed E-state index contributed by atoms with van der Waals surface area (Å²) in [5, 5.41) is 0. The second-order valence-corrected chi connectivity index (χ2v) is 4.55. The SMILES string of the molecule is CC.CC(C)(Br)C(=O)OCCC=O. The molecule has 0 aromatic heterocycles. The standard InChI is InChI=1S/C7H11BrO3.C2H6/c1-7(2,8)6(10)11-5-3-4-9;1-2/h4H,3,5H2,1-2H3;1-2H3. The van der Waals surface area contributed by atoms with Crippen molar-refractivity contribution in [2.75, 3.05) is 6.61 Å². The molecule has 3 nitrogen and oxygen atoms in total. The highest BCUT2D eigenvalue weighted by Gasteiger charge is 2.24. The summed E-state index contributed by atoms with van der Waals surface area (Å²) in [6, 6.07) is 0. The molecule has 0 radical (unpaired) electrons. The van der Waals surface area contributed by atoms with E-state index >= 15 is 0 Å². The summed E-state index contributed by atoms with van der Waals surface area (Å²) < 4.78 is 4.07. The fourth-order valence-corrected chi connectivity index (χ4v) is 0.486. The fourth-order valence-electron chi connectivity index (χ4n) is 0.371. The van der Waals surface area contributed by atoms with E-state index < -0.39 is 4.32 Å². The highest BCUT2D eigenvalue weighted by atomic mass is 79.9. The first kappa shape index (κ1) is 15.1. The Morgan fingerprint density at radius 2 is 1.92 bits per heavy atom. The van der Waals surface area contributed by atoms with E-state index in [1.807, 2.05) is 13.8 Å². The minimum absolute atomic E-state index is 0.164. The van der Waals surface area contributed by atoms with Gasteiger partial charge in [0.1, 0.15) is 10.6 Å². The molecule has 0 amide bonds. The quantitative estimate of drug-likeness (QED) is 0.334. The second-order valence-electron chi connectivity index (χ2n) is 2.56. The van der Waals surface area contributed by atoms with Crippen LogP contribution in [-0.2, 0) is 14.3 Å². The summed E-state index contributed by atoms with van der Waals surface area (Å²) in [6.07, 6.45) is 0.976. The van der Waals surface area contributed by atoms with Crippen molar-refractivity contribution in [3.05, 3.63) is 0 Å². The van der Waals surface area contributed by atoms with Crippen LogP contribution in [0.3, 0.4) is 0 Å². The summed E-state index contributed by atoms with van der Waals surface area (Å²) in [7, 11) is 0. The maximum absolute atomic E-state index is 11.0. The third kappa shape index (κ3) is 9.53. The van der Waals surface area contributed by atoms with Crippen molar-refractivity contribution >= 4 is 28.2 Å². The van der Waals surface area contributed by atoms with Crippen LogP contribution in [0.15, 0.2) is 0 Å². The number of carbonyl (C=O) groups is 2. The van der Waals surface area contributed by atoms with Crippen molar-refractivity contribution in [2.45, 2.75) is 38.4 Å². The maximum atomic E-state index is 11.0. The molecule has 13 heavy (non-hydrogen) atoms. The predicted octanol–water partition coefficient (Wildman–Crippen LogP) is 2.32. The van der Waals surface area contributed by atoms with Gasteiger partial charge in [-0.1, -0.05) is 29.8 Å². The van der Waals surface area contributed by atoms with Crippen molar-refractivity contribution < 1.29 is 14.3 Å². The lowest BCUT2D eigenvalue weighted by Crippen LogP contribution is -2.26. The largest absolute Gasteiger partial charge is 0.464 e. The molecule has 0 aliphatic rings. The summed E-state index contributed by atoms with van der Waals surface area (Å²) in [5.41, 5.74) is 0. The summed E-state index contributed by atoms with van der Waals surface area (Å²) >= 11 is 3.13. The van der Waals surface area contributed by atoms with Crippen LogP contribution in [0, 0.1) is 0 Å². The number of halogens is 1. The Hall–Kier alpha value is -0.380. The summed E-state index contributed by atoms with van der Waals surface area (Å²) in [4.78, 5) is 20.8. The minimum Gasteiger partial charge on any atom is -0.464 e. The first-order valence-corrected chi connectivity index (χ1v) is 5.07. The third-order valence-electron chi connectivity index (χ3n) is 0.954. The van der Waals surface area contributed by atoms with E-state index in [2.05, 4.69) is 15.9 Å². The number of alkyl halides is 1. The van der Waals surface area contributed by atoms with Crippen molar-refractivity contribution in [3.63, 3.8) is 0 Å². The lowest BCUT2D eigenvalue weighted by Gasteiger charge is -2.13. The van der Waals surface area contributed by atoms with Gasteiger partial charge in [0.25, 0.3) is 0 Å². The highest BCUT2D eigenvalue weighted by Crippen LogP contribution is 2.17. The van der Waals surface area contributed by atoms with Gasteiger partial charge in [-0.05, 0) is 13.8 Å². The van der Waals surface area contributed by atoms with Crippen LogP contribution >= 0.6 is 15.9 Å². The van der Waals surface area contributed by atoms with Gasteiger partial charge in [0.05, 0.1) is 6.61 Å². The van der Waals surface area contributed by atoms with E-state index in [1.54, 1.807) is 13.8 Å². The van der Waals surface area contributed by atoms with Crippen molar-refractivity contribution in [1.29, 1.82) is 0 Å². The zero-order chi connectivity index (χ0) is 10.9. The van der Waals surface area contributed by atoms with Gasteiger partial charge in [-0.2, -0.15) is 0 Å². The first-order chi connectivity index (χ1) is 5.98. The van der Waals surface area contributed by atoms with E-state index in [9.17, 15) is 9.59 Å². The summed E-state index contributed by atoms with van der Waals surface area (Å²) in [5.74, 6) is -0.348. The van der Waals surface area contributed by atoms with Gasteiger partial charge in [-0.3, -0.25) is 4.79 Å². The van der Waals surface area contributed by atoms with Crippen LogP contribution in [0.2, 0.25) is 0 Å². The van der Waals surface area contributed by atoms with Gasteiger partial charge in [0.2, 0.25) is 0 Å². The van der Waals surface area contributed by atoms with E-state index in [-0.39, 0.29) is 19.0 Å². The topological polar surface area (TPSA) is 43.4 Å². The molecule has 0 spiro atoms. The molecule has 78 valence electrons. The molecule has 0 N–H and O–H groups in total. The van der Waals surface area contributed by atoms with E-state index in [0.29, 0.717) is 6.29 Å². The van der Waals surface area contributed by atoms with Crippen LogP contribution in [0.5, 0.6) is 0 Å². The number of esters is 1. The van der Waals surface area contributed by atoms with Crippen LogP contribution in [-0.4, -0.2) is 23.2 Å². The zero-order valence-corrected chi connectivity index (χ0v) is 10.2. The maximum Gasteiger partial charge on any atom is 0.322 e. The average Bonchev–Trinajstić information content (AvgIpc) is 2.07. The molecule has 0 saturated heterocycles. The van der Waals surface area contributed by atoms with Gasteiger partial charge in [-0.15, -0.1) is 0 Å². The molecule has 0 aliphatic carbocycles. The molecule has 0 unspecified atom stereocenters. The number of carbonyl (C=O) groups excluding carboxylic acids is 2. The molecule has 0 aromatic carbocycles. The van der Waals surface area contributed by atoms with E-state index in [0.717, 1.165) is 0 Å². The molecule has 0 saturated carbocycles. The van der Waals surface area contributed by atoms with Crippen molar-refractivity contribution in [3.8, 4) is 0 Å². The first-order valence-electron chi connectivity index (χ1n) is 4.28. The van der Waals surface area contributed by atoms with Gasteiger partial charge in [-0.25, -0.2) is 0 Å². The molecule has 4 heteroatoms. The van der Waals surface area contributed by atoms with Gasteiger partial charge < -0.3 is 9.53 Å². The molecule has 0 fully saturated rings. The second kappa shape index (κ2) is 8.23. The summed E-state index contributed by atoms with van der Waals surface area (Å²) in [6.45, 7) is 7.55. The molecule has 0 rings (SSSR count). The number of aldehydes is 1. The van der Waals surface area contributed by atoms with Gasteiger partial charge in [0, 0.05) is 6.42 Å². The van der Waals surface area contributed by atoms with E-state index in [4.69, 9.17) is 4.74 Å². The van der Waals surface area contributed by atoms with Gasteiger partial charge in [0.15, 0.2) is 0 Å². The Balaban J connectivity index is 0.